The number of hydrogen-bond acceptors (Lipinski definition) is 2. The van der Waals surface area contributed by atoms with Crippen LogP contribution in [-0.2, 0) is 19.4 Å². The van der Waals surface area contributed by atoms with Gasteiger partial charge in [-0.1, -0.05) is 6.92 Å². The molecule has 2 aromatic rings. The largest absolute Gasteiger partial charge is 0.324 e. The lowest BCUT2D eigenvalue weighted by Gasteiger charge is -2.14. The van der Waals surface area contributed by atoms with Crippen molar-refractivity contribution in [1.29, 1.82) is 0 Å². The number of nitrogens with zero attached hydrogens (tertiary/aromatic N) is 2. The molecule has 0 saturated heterocycles. The summed E-state index contributed by atoms with van der Waals surface area (Å²) < 4.78 is 29.4. The van der Waals surface area contributed by atoms with Gasteiger partial charge in [0.25, 0.3) is 0 Å². The number of aryl methyl sites for hydroxylation is 2. The Balaban J connectivity index is 2.30. The van der Waals surface area contributed by atoms with Gasteiger partial charge in [-0.3, -0.25) is 4.68 Å². The maximum atomic E-state index is 13.3. The molecule has 1 unspecified atom stereocenters. The van der Waals surface area contributed by atoms with E-state index in [9.17, 15) is 8.78 Å². The summed E-state index contributed by atoms with van der Waals surface area (Å²) in [5.41, 5.74) is 8.47. The molecule has 1 aromatic heterocycles. The van der Waals surface area contributed by atoms with Crippen LogP contribution in [0.3, 0.4) is 0 Å². The van der Waals surface area contributed by atoms with Crippen LogP contribution in [0.4, 0.5) is 8.78 Å². The van der Waals surface area contributed by atoms with Gasteiger partial charge in [-0.05, 0) is 47.0 Å². The summed E-state index contributed by atoms with van der Waals surface area (Å²) in [4.78, 5) is 0. The molecule has 0 saturated carbocycles. The molecule has 0 aliphatic carbocycles. The third-order valence-corrected chi connectivity index (χ3v) is 4.34. The first-order valence-electron chi connectivity index (χ1n) is 6.91. The predicted molar refractivity (Wildman–Crippen MR) is 82.0 cm³/mol. The number of halogens is 3. The molecule has 21 heavy (non-hydrogen) atoms. The molecule has 1 atom stereocenters. The maximum absolute atomic E-state index is 13.3. The standard InChI is InChI=1S/C15H18BrF2N3/c1-3-13-15(16)14(21(4-2)20-13)8-12(19)9-5-10(17)7-11(18)6-9/h5-7,12H,3-4,8,19H2,1-2H3. The summed E-state index contributed by atoms with van der Waals surface area (Å²) in [6.07, 6.45) is 1.27. The Morgan fingerprint density at radius 1 is 1.24 bits per heavy atom. The van der Waals surface area contributed by atoms with Crippen molar-refractivity contribution >= 4 is 15.9 Å². The molecule has 0 radical (unpaired) electrons. The van der Waals surface area contributed by atoms with Gasteiger partial charge in [-0.15, -0.1) is 0 Å². The van der Waals surface area contributed by atoms with Crippen molar-refractivity contribution in [2.45, 2.75) is 39.3 Å². The van der Waals surface area contributed by atoms with Crippen molar-refractivity contribution in [3.05, 3.63) is 51.3 Å². The Morgan fingerprint density at radius 2 is 1.86 bits per heavy atom. The lowest BCUT2D eigenvalue weighted by Crippen LogP contribution is -2.17. The van der Waals surface area contributed by atoms with Gasteiger partial charge in [0.1, 0.15) is 11.6 Å². The molecule has 0 aliphatic heterocycles. The van der Waals surface area contributed by atoms with Crippen molar-refractivity contribution < 1.29 is 8.78 Å². The van der Waals surface area contributed by atoms with Gasteiger partial charge in [0.05, 0.1) is 15.9 Å². The highest BCUT2D eigenvalue weighted by atomic mass is 79.9. The lowest BCUT2D eigenvalue weighted by molar-refractivity contribution is 0.561. The highest BCUT2D eigenvalue weighted by Gasteiger charge is 2.18. The quantitative estimate of drug-likeness (QED) is 0.885. The summed E-state index contributed by atoms with van der Waals surface area (Å²) in [7, 11) is 0. The zero-order chi connectivity index (χ0) is 15.6. The van der Waals surface area contributed by atoms with Gasteiger partial charge in [0.15, 0.2) is 0 Å². The Hall–Kier alpha value is -1.27. The fraction of sp³-hybridized carbons (Fsp3) is 0.400. The molecule has 114 valence electrons. The SMILES string of the molecule is CCc1nn(CC)c(CC(N)c2cc(F)cc(F)c2)c1Br. The number of aromatic nitrogens is 2. The van der Waals surface area contributed by atoms with E-state index in [0.717, 1.165) is 34.9 Å². The molecule has 0 amide bonds. The topological polar surface area (TPSA) is 43.8 Å². The second-order valence-corrected chi connectivity index (χ2v) is 5.68. The van der Waals surface area contributed by atoms with E-state index in [1.165, 1.54) is 12.1 Å². The van der Waals surface area contributed by atoms with Gasteiger partial charge < -0.3 is 5.73 Å². The zero-order valence-electron chi connectivity index (χ0n) is 12.0. The van der Waals surface area contributed by atoms with E-state index in [1.54, 1.807) is 0 Å². The van der Waals surface area contributed by atoms with Gasteiger partial charge in [0.2, 0.25) is 0 Å². The van der Waals surface area contributed by atoms with Crippen LogP contribution in [0.1, 0.15) is 36.8 Å². The molecule has 0 spiro atoms. The van der Waals surface area contributed by atoms with E-state index >= 15 is 0 Å². The summed E-state index contributed by atoms with van der Waals surface area (Å²) >= 11 is 3.55. The van der Waals surface area contributed by atoms with E-state index in [2.05, 4.69) is 21.0 Å². The van der Waals surface area contributed by atoms with E-state index in [1.807, 2.05) is 18.5 Å². The van der Waals surface area contributed by atoms with E-state index in [-0.39, 0.29) is 0 Å². The maximum Gasteiger partial charge on any atom is 0.126 e. The van der Waals surface area contributed by atoms with Crippen molar-refractivity contribution in [2.75, 3.05) is 0 Å². The summed E-state index contributed by atoms with van der Waals surface area (Å²) in [6, 6.07) is 2.90. The first-order valence-corrected chi connectivity index (χ1v) is 7.71. The monoisotopic (exact) mass is 357 g/mol. The van der Waals surface area contributed by atoms with E-state index < -0.39 is 17.7 Å². The highest BCUT2D eigenvalue weighted by Crippen LogP contribution is 2.27. The van der Waals surface area contributed by atoms with Gasteiger partial charge >= 0.3 is 0 Å². The lowest BCUT2D eigenvalue weighted by atomic mass is 10.0. The molecule has 0 bridgehead atoms. The summed E-state index contributed by atoms with van der Waals surface area (Å²) in [6.45, 7) is 4.74. The minimum absolute atomic E-state index is 0.446. The zero-order valence-corrected chi connectivity index (χ0v) is 13.6. The normalized spacial score (nSPS) is 12.7. The number of benzene rings is 1. The fourth-order valence-corrected chi connectivity index (χ4v) is 3.05. The minimum atomic E-state index is -0.613. The predicted octanol–water partition coefficient (Wildman–Crippen LogP) is 3.75. The van der Waals surface area contributed by atoms with E-state index in [0.29, 0.717) is 12.0 Å². The summed E-state index contributed by atoms with van der Waals surface area (Å²) in [5.74, 6) is -1.23. The third-order valence-electron chi connectivity index (χ3n) is 3.42. The smallest absolute Gasteiger partial charge is 0.126 e. The van der Waals surface area contributed by atoms with Crippen LogP contribution in [0.5, 0.6) is 0 Å². The van der Waals surface area contributed by atoms with Crippen molar-refractivity contribution in [2.24, 2.45) is 5.73 Å². The van der Waals surface area contributed by atoms with Gasteiger partial charge in [0, 0.05) is 25.1 Å². The molecular weight excluding hydrogens is 340 g/mol. The second-order valence-electron chi connectivity index (χ2n) is 4.89. The minimum Gasteiger partial charge on any atom is -0.324 e. The Kier molecular flexibility index (Phi) is 5.11. The Bertz CT molecular complexity index is 620. The first kappa shape index (κ1) is 16.1. The molecule has 0 fully saturated rings. The van der Waals surface area contributed by atoms with Gasteiger partial charge in [-0.25, -0.2) is 8.78 Å². The Labute approximate surface area is 131 Å². The fourth-order valence-electron chi connectivity index (χ4n) is 2.33. The molecule has 1 aromatic carbocycles. The van der Waals surface area contributed by atoms with E-state index in [4.69, 9.17) is 5.73 Å². The average molecular weight is 358 g/mol. The average Bonchev–Trinajstić information content (AvgIpc) is 2.74. The van der Waals surface area contributed by atoms with Crippen LogP contribution in [0.25, 0.3) is 0 Å². The molecular formula is C15H18BrF2N3. The van der Waals surface area contributed by atoms with Crippen LogP contribution < -0.4 is 5.73 Å². The number of nitrogens with two attached hydrogens (primary N) is 1. The molecule has 6 heteroatoms. The van der Waals surface area contributed by atoms with Crippen molar-refractivity contribution in [1.82, 2.24) is 9.78 Å². The summed E-state index contributed by atoms with van der Waals surface area (Å²) in [5, 5.41) is 4.49. The Morgan fingerprint density at radius 3 is 2.38 bits per heavy atom. The molecule has 0 aliphatic rings. The first-order chi connectivity index (χ1) is 9.96. The highest BCUT2D eigenvalue weighted by molar-refractivity contribution is 9.10. The second kappa shape index (κ2) is 6.66. The van der Waals surface area contributed by atoms with Crippen LogP contribution in [-0.4, -0.2) is 9.78 Å². The number of hydrogen-bond donors (Lipinski definition) is 1. The third kappa shape index (κ3) is 3.49. The van der Waals surface area contributed by atoms with Crippen LogP contribution in [0, 0.1) is 11.6 Å². The number of rotatable bonds is 5. The van der Waals surface area contributed by atoms with Gasteiger partial charge in [-0.2, -0.15) is 5.10 Å². The van der Waals surface area contributed by atoms with Crippen molar-refractivity contribution in [3.8, 4) is 0 Å². The molecule has 2 rings (SSSR count). The molecule has 2 N–H and O–H groups in total. The van der Waals surface area contributed by atoms with Crippen LogP contribution in [0.2, 0.25) is 0 Å². The molecule has 3 nitrogen and oxygen atoms in total. The van der Waals surface area contributed by atoms with Crippen LogP contribution in [0.15, 0.2) is 22.7 Å². The molecule has 1 heterocycles. The van der Waals surface area contributed by atoms with Crippen LogP contribution >= 0.6 is 15.9 Å². The van der Waals surface area contributed by atoms with Crippen molar-refractivity contribution in [3.63, 3.8) is 0 Å².